The first kappa shape index (κ1) is 23.4. The molecule has 0 spiro atoms. The summed E-state index contributed by atoms with van der Waals surface area (Å²) in [7, 11) is 0. The highest BCUT2D eigenvalue weighted by atomic mass is 16.3. The smallest absolute Gasteiger partial charge is 0.332 e. The zero-order valence-electron chi connectivity index (χ0n) is 20.3. The van der Waals surface area contributed by atoms with Gasteiger partial charge < -0.3 is 9.32 Å². The van der Waals surface area contributed by atoms with Crippen LogP contribution in [0.1, 0.15) is 18.1 Å². The molecule has 0 atom stereocenters. The molecule has 0 radical (unpaired) electrons. The zero-order chi connectivity index (χ0) is 25.2. The lowest BCUT2D eigenvalue weighted by atomic mass is 10.1. The summed E-state index contributed by atoms with van der Waals surface area (Å²) in [6.45, 7) is 4.27. The van der Waals surface area contributed by atoms with Crippen LogP contribution in [-0.4, -0.2) is 21.6 Å². The molecule has 36 heavy (non-hydrogen) atoms. The number of benzene rings is 3. The van der Waals surface area contributed by atoms with Crippen LogP contribution in [0.2, 0.25) is 0 Å². The fraction of sp³-hybridized carbons (Fsp3) is 0.207. The molecule has 7 heteroatoms. The maximum absolute atomic E-state index is 13.7. The summed E-state index contributed by atoms with van der Waals surface area (Å²) in [6.07, 6.45) is 0.500. The van der Waals surface area contributed by atoms with E-state index in [0.717, 1.165) is 16.8 Å². The van der Waals surface area contributed by atoms with E-state index in [0.29, 0.717) is 29.5 Å². The SMILES string of the molecule is CCN(C(=O)Cn1c(=O)n(CCc2ccccc2)c(=O)c2oc3ccccc3c21)c1cccc(C)c1. The molecular weight excluding hydrogens is 454 g/mol. The third kappa shape index (κ3) is 4.24. The Balaban J connectivity index is 1.63. The maximum Gasteiger partial charge on any atom is 0.332 e. The molecule has 0 aliphatic heterocycles. The number of nitrogens with zero attached hydrogens (tertiary/aromatic N) is 3. The normalized spacial score (nSPS) is 11.3. The number of anilines is 1. The van der Waals surface area contributed by atoms with Gasteiger partial charge in [0.15, 0.2) is 0 Å². The number of amides is 1. The van der Waals surface area contributed by atoms with Gasteiger partial charge in [-0.15, -0.1) is 0 Å². The third-order valence-corrected chi connectivity index (χ3v) is 6.43. The molecule has 0 saturated carbocycles. The standard InChI is InChI=1S/C29H27N3O4/c1-3-30(22-13-9-10-20(2)18-22)25(33)19-32-26-23-14-7-8-15-24(23)36-27(26)28(34)31(29(32)35)17-16-21-11-5-4-6-12-21/h4-15,18H,3,16-17,19H2,1-2H3. The second kappa shape index (κ2) is 9.70. The minimum absolute atomic E-state index is 0.0789. The number of furan rings is 1. The summed E-state index contributed by atoms with van der Waals surface area (Å²) < 4.78 is 8.48. The van der Waals surface area contributed by atoms with Crippen molar-refractivity contribution in [1.29, 1.82) is 0 Å². The Morgan fingerprint density at radius 3 is 2.42 bits per heavy atom. The summed E-state index contributed by atoms with van der Waals surface area (Å²) in [5.41, 5.74) is 2.72. The van der Waals surface area contributed by atoms with Gasteiger partial charge in [0, 0.05) is 24.2 Å². The van der Waals surface area contributed by atoms with Gasteiger partial charge in [0.25, 0.3) is 5.56 Å². The molecule has 0 N–H and O–H groups in total. The van der Waals surface area contributed by atoms with E-state index in [-0.39, 0.29) is 24.6 Å². The van der Waals surface area contributed by atoms with Crippen LogP contribution in [0.5, 0.6) is 0 Å². The van der Waals surface area contributed by atoms with Gasteiger partial charge in [-0.1, -0.05) is 54.6 Å². The third-order valence-electron chi connectivity index (χ3n) is 6.43. The maximum atomic E-state index is 13.7. The minimum Gasteiger partial charge on any atom is -0.449 e. The Kier molecular flexibility index (Phi) is 6.29. The van der Waals surface area contributed by atoms with Gasteiger partial charge in [-0.05, 0) is 55.7 Å². The molecule has 0 aliphatic rings. The van der Waals surface area contributed by atoms with E-state index in [9.17, 15) is 14.4 Å². The highest BCUT2D eigenvalue weighted by Gasteiger charge is 2.23. The van der Waals surface area contributed by atoms with Crippen LogP contribution >= 0.6 is 0 Å². The second-order valence-electron chi connectivity index (χ2n) is 8.81. The Morgan fingerprint density at radius 2 is 1.67 bits per heavy atom. The van der Waals surface area contributed by atoms with Crippen LogP contribution in [0.4, 0.5) is 5.69 Å². The van der Waals surface area contributed by atoms with Gasteiger partial charge in [-0.2, -0.15) is 0 Å². The summed E-state index contributed by atoms with van der Waals surface area (Å²) in [4.78, 5) is 42.3. The van der Waals surface area contributed by atoms with E-state index in [1.54, 1.807) is 17.0 Å². The molecule has 182 valence electrons. The number of hydrogen-bond acceptors (Lipinski definition) is 4. The van der Waals surface area contributed by atoms with Gasteiger partial charge in [0.2, 0.25) is 11.5 Å². The van der Waals surface area contributed by atoms with E-state index >= 15 is 0 Å². The number of fused-ring (bicyclic) bond motifs is 3. The van der Waals surface area contributed by atoms with Crippen molar-refractivity contribution in [1.82, 2.24) is 9.13 Å². The van der Waals surface area contributed by atoms with Gasteiger partial charge >= 0.3 is 5.69 Å². The predicted octanol–water partition coefficient (Wildman–Crippen LogP) is 4.51. The van der Waals surface area contributed by atoms with Crippen LogP contribution in [0.3, 0.4) is 0 Å². The summed E-state index contributed by atoms with van der Waals surface area (Å²) in [6, 6.07) is 24.5. The number of likely N-dealkylation sites (N-methyl/N-ethyl adjacent to an activating group) is 1. The van der Waals surface area contributed by atoms with Crippen molar-refractivity contribution < 1.29 is 9.21 Å². The number of aromatic nitrogens is 2. The lowest BCUT2D eigenvalue weighted by Gasteiger charge is -2.22. The van der Waals surface area contributed by atoms with E-state index < -0.39 is 11.2 Å². The van der Waals surface area contributed by atoms with Gasteiger partial charge in [-0.25, -0.2) is 4.79 Å². The number of carbonyl (C=O) groups is 1. The van der Waals surface area contributed by atoms with Crippen LogP contribution in [-0.2, 0) is 24.3 Å². The molecule has 0 aliphatic carbocycles. The quantitative estimate of drug-likeness (QED) is 0.343. The molecule has 0 unspecified atom stereocenters. The molecular formula is C29H27N3O4. The Hall–Kier alpha value is -4.39. The van der Waals surface area contributed by atoms with E-state index in [2.05, 4.69) is 0 Å². The average Bonchev–Trinajstić information content (AvgIpc) is 3.27. The van der Waals surface area contributed by atoms with E-state index in [4.69, 9.17) is 4.42 Å². The molecule has 2 aromatic heterocycles. The number of rotatable bonds is 7. The molecule has 5 rings (SSSR count). The highest BCUT2D eigenvalue weighted by Crippen LogP contribution is 2.26. The first-order valence-electron chi connectivity index (χ1n) is 12.0. The monoisotopic (exact) mass is 481 g/mol. The molecule has 0 bridgehead atoms. The van der Waals surface area contributed by atoms with Crippen molar-refractivity contribution >= 4 is 33.7 Å². The van der Waals surface area contributed by atoms with Crippen LogP contribution in [0.25, 0.3) is 22.1 Å². The number of carbonyl (C=O) groups excluding carboxylic acids is 1. The topological polar surface area (TPSA) is 77.5 Å². The molecule has 3 aromatic carbocycles. The number of aryl methyl sites for hydroxylation is 2. The fourth-order valence-electron chi connectivity index (χ4n) is 4.64. The van der Waals surface area contributed by atoms with E-state index in [1.807, 2.05) is 80.6 Å². The fourth-order valence-corrected chi connectivity index (χ4v) is 4.64. The van der Waals surface area contributed by atoms with Crippen LogP contribution in [0, 0.1) is 6.92 Å². The molecule has 0 saturated heterocycles. The molecule has 1 amide bonds. The van der Waals surface area contributed by atoms with Crippen molar-refractivity contribution in [3.63, 3.8) is 0 Å². The second-order valence-corrected chi connectivity index (χ2v) is 8.81. The first-order valence-corrected chi connectivity index (χ1v) is 12.0. The van der Waals surface area contributed by atoms with Gasteiger partial charge in [0.05, 0.1) is 0 Å². The molecule has 0 fully saturated rings. The van der Waals surface area contributed by atoms with Gasteiger partial charge in [0.1, 0.15) is 17.6 Å². The summed E-state index contributed by atoms with van der Waals surface area (Å²) >= 11 is 0. The number of para-hydroxylation sites is 1. The van der Waals surface area contributed by atoms with Crippen LogP contribution in [0.15, 0.2) is 92.9 Å². The van der Waals surface area contributed by atoms with Crippen molar-refractivity contribution in [3.05, 3.63) is 111 Å². The Morgan fingerprint density at radius 1 is 0.917 bits per heavy atom. The highest BCUT2D eigenvalue weighted by molar-refractivity contribution is 6.03. The van der Waals surface area contributed by atoms with Crippen molar-refractivity contribution in [2.45, 2.75) is 33.4 Å². The zero-order valence-corrected chi connectivity index (χ0v) is 20.3. The lowest BCUT2D eigenvalue weighted by Crippen LogP contribution is -2.43. The minimum atomic E-state index is -0.524. The van der Waals surface area contributed by atoms with Crippen molar-refractivity contribution in [3.8, 4) is 0 Å². The van der Waals surface area contributed by atoms with Crippen molar-refractivity contribution in [2.75, 3.05) is 11.4 Å². The number of hydrogen-bond donors (Lipinski definition) is 0. The lowest BCUT2D eigenvalue weighted by molar-refractivity contribution is -0.119. The van der Waals surface area contributed by atoms with Gasteiger partial charge in [-0.3, -0.25) is 18.7 Å². The van der Waals surface area contributed by atoms with Crippen LogP contribution < -0.4 is 16.1 Å². The van der Waals surface area contributed by atoms with Crippen molar-refractivity contribution in [2.24, 2.45) is 0 Å². The molecule has 2 heterocycles. The first-order chi connectivity index (χ1) is 17.5. The predicted molar refractivity (Wildman–Crippen MR) is 142 cm³/mol. The Bertz CT molecular complexity index is 1680. The Labute approximate surface area is 207 Å². The molecule has 5 aromatic rings. The molecule has 7 nitrogen and oxygen atoms in total. The summed E-state index contributed by atoms with van der Waals surface area (Å²) in [5.74, 6) is -0.245. The largest absolute Gasteiger partial charge is 0.449 e. The van der Waals surface area contributed by atoms with E-state index in [1.165, 1.54) is 9.13 Å². The average molecular weight is 482 g/mol. The summed E-state index contributed by atoms with van der Waals surface area (Å²) in [5, 5.41) is 0.628.